The van der Waals surface area contributed by atoms with Crippen LogP contribution in [0.4, 0.5) is 0 Å². The first-order valence-corrected chi connectivity index (χ1v) is 7.92. The lowest BCUT2D eigenvalue weighted by molar-refractivity contribution is -0.140. The molecular formula is C17H24N2O3. The lowest BCUT2D eigenvalue weighted by Crippen LogP contribution is -2.51. The van der Waals surface area contributed by atoms with Crippen LogP contribution in [0.3, 0.4) is 0 Å². The van der Waals surface area contributed by atoms with E-state index in [1.807, 2.05) is 36.1 Å². The second-order valence-corrected chi connectivity index (χ2v) is 5.37. The number of hydrogen-bond donors (Lipinski definition) is 0. The Morgan fingerprint density at radius 1 is 1.00 bits per heavy atom. The summed E-state index contributed by atoms with van der Waals surface area (Å²) in [5.74, 6) is 0.910. The lowest BCUT2D eigenvalue weighted by atomic mass is 10.1. The minimum atomic E-state index is -0.0190. The fraction of sp³-hybridized carbons (Fsp3) is 0.529. The second-order valence-electron chi connectivity index (χ2n) is 5.37. The molecule has 0 radical (unpaired) electrons. The summed E-state index contributed by atoms with van der Waals surface area (Å²) in [5, 5.41) is 0. The molecule has 1 aromatic carbocycles. The fourth-order valence-electron chi connectivity index (χ4n) is 2.60. The second kappa shape index (κ2) is 7.82. The zero-order chi connectivity index (χ0) is 15.9. The average Bonchev–Trinajstić information content (AvgIpc) is 2.59. The van der Waals surface area contributed by atoms with Crippen LogP contribution in [0.1, 0.15) is 25.8 Å². The van der Waals surface area contributed by atoms with Crippen molar-refractivity contribution in [2.45, 2.75) is 26.7 Å². The van der Waals surface area contributed by atoms with E-state index in [4.69, 9.17) is 4.74 Å². The van der Waals surface area contributed by atoms with Gasteiger partial charge in [0.2, 0.25) is 5.91 Å². The maximum absolute atomic E-state index is 12.2. The van der Waals surface area contributed by atoms with E-state index in [0.717, 1.165) is 17.7 Å². The van der Waals surface area contributed by atoms with Crippen molar-refractivity contribution < 1.29 is 14.3 Å². The molecule has 0 aliphatic carbocycles. The number of piperazine rings is 1. The highest BCUT2D eigenvalue weighted by atomic mass is 16.5. The molecule has 120 valence electrons. The zero-order valence-corrected chi connectivity index (χ0v) is 13.4. The normalized spacial score (nSPS) is 14.8. The summed E-state index contributed by atoms with van der Waals surface area (Å²) in [4.78, 5) is 27.4. The molecule has 5 heteroatoms. The van der Waals surface area contributed by atoms with Crippen LogP contribution in [0.2, 0.25) is 0 Å². The molecule has 1 aliphatic rings. The Morgan fingerprint density at radius 2 is 1.59 bits per heavy atom. The predicted octanol–water partition coefficient (Wildman–Crippen LogP) is 1.71. The molecule has 0 atom stereocenters. The van der Waals surface area contributed by atoms with Crippen LogP contribution in [0.25, 0.3) is 0 Å². The molecule has 0 spiro atoms. The summed E-state index contributed by atoms with van der Waals surface area (Å²) >= 11 is 0. The Morgan fingerprint density at radius 3 is 2.18 bits per heavy atom. The third-order valence-electron chi connectivity index (χ3n) is 3.99. The van der Waals surface area contributed by atoms with Gasteiger partial charge in [-0.15, -0.1) is 0 Å². The Labute approximate surface area is 131 Å². The van der Waals surface area contributed by atoms with Gasteiger partial charge in [0, 0.05) is 32.6 Å². The van der Waals surface area contributed by atoms with Crippen molar-refractivity contribution in [1.82, 2.24) is 9.80 Å². The number of carbonyl (C=O) groups excluding carboxylic acids is 2. The molecule has 0 bridgehead atoms. The number of hydrogen-bond acceptors (Lipinski definition) is 3. The van der Waals surface area contributed by atoms with Gasteiger partial charge in [0.05, 0.1) is 0 Å². The van der Waals surface area contributed by atoms with Crippen molar-refractivity contribution in [2.75, 3.05) is 32.8 Å². The third kappa shape index (κ3) is 4.00. The maximum atomic E-state index is 12.2. The Balaban J connectivity index is 1.82. The summed E-state index contributed by atoms with van der Waals surface area (Å²) in [5.41, 5.74) is 1.11. The molecule has 22 heavy (non-hydrogen) atoms. The van der Waals surface area contributed by atoms with Crippen LogP contribution in [-0.2, 0) is 16.0 Å². The number of amides is 2. The summed E-state index contributed by atoms with van der Waals surface area (Å²) in [6.45, 7) is 6.38. The van der Waals surface area contributed by atoms with E-state index in [1.54, 1.807) is 4.90 Å². The van der Waals surface area contributed by atoms with Gasteiger partial charge < -0.3 is 14.5 Å². The predicted molar refractivity (Wildman–Crippen MR) is 84.8 cm³/mol. The molecule has 2 amide bonds. The lowest BCUT2D eigenvalue weighted by Gasteiger charge is -2.34. The van der Waals surface area contributed by atoms with E-state index in [2.05, 4.69) is 6.92 Å². The number of ether oxygens (including phenoxy) is 1. The van der Waals surface area contributed by atoms with Crippen molar-refractivity contribution in [3.05, 3.63) is 29.8 Å². The van der Waals surface area contributed by atoms with E-state index >= 15 is 0 Å². The molecule has 1 aliphatic heterocycles. The Bertz CT molecular complexity index is 522. The first-order valence-electron chi connectivity index (χ1n) is 7.92. The van der Waals surface area contributed by atoms with Gasteiger partial charge in [-0.2, -0.15) is 0 Å². The highest BCUT2D eigenvalue weighted by Gasteiger charge is 2.23. The zero-order valence-electron chi connectivity index (χ0n) is 13.4. The molecule has 0 N–H and O–H groups in total. The minimum absolute atomic E-state index is 0.0190. The van der Waals surface area contributed by atoms with Crippen molar-refractivity contribution in [3.63, 3.8) is 0 Å². The fourth-order valence-corrected chi connectivity index (χ4v) is 2.60. The molecule has 1 aromatic rings. The van der Waals surface area contributed by atoms with Crippen LogP contribution < -0.4 is 4.74 Å². The third-order valence-corrected chi connectivity index (χ3v) is 3.99. The van der Waals surface area contributed by atoms with Gasteiger partial charge in [-0.05, 0) is 18.1 Å². The topological polar surface area (TPSA) is 49.9 Å². The quantitative estimate of drug-likeness (QED) is 0.832. The number of aryl methyl sites for hydroxylation is 1. The molecule has 1 saturated heterocycles. The van der Waals surface area contributed by atoms with Crippen molar-refractivity contribution >= 4 is 11.8 Å². The molecule has 0 unspecified atom stereocenters. The summed E-state index contributed by atoms with van der Waals surface area (Å²) in [6, 6.07) is 7.78. The van der Waals surface area contributed by atoms with Gasteiger partial charge in [0.1, 0.15) is 5.75 Å². The average molecular weight is 304 g/mol. The van der Waals surface area contributed by atoms with Gasteiger partial charge in [0.25, 0.3) is 5.91 Å². The van der Waals surface area contributed by atoms with E-state index in [-0.39, 0.29) is 18.4 Å². The molecule has 5 nitrogen and oxygen atoms in total. The maximum Gasteiger partial charge on any atom is 0.260 e. The number of para-hydroxylation sites is 1. The number of benzene rings is 1. The van der Waals surface area contributed by atoms with Gasteiger partial charge in [0.15, 0.2) is 6.61 Å². The smallest absolute Gasteiger partial charge is 0.260 e. The van der Waals surface area contributed by atoms with E-state index < -0.39 is 0 Å². The Hall–Kier alpha value is -2.04. The van der Waals surface area contributed by atoms with Crippen LogP contribution in [0, 0.1) is 0 Å². The van der Waals surface area contributed by atoms with Crippen molar-refractivity contribution in [1.29, 1.82) is 0 Å². The number of nitrogens with zero attached hydrogens (tertiary/aromatic N) is 2. The van der Waals surface area contributed by atoms with Gasteiger partial charge >= 0.3 is 0 Å². The molecule has 2 rings (SSSR count). The van der Waals surface area contributed by atoms with Crippen LogP contribution in [0.5, 0.6) is 5.75 Å². The van der Waals surface area contributed by atoms with Crippen LogP contribution in [0.15, 0.2) is 24.3 Å². The molecular weight excluding hydrogens is 280 g/mol. The molecule has 0 saturated carbocycles. The number of rotatable bonds is 5. The van der Waals surface area contributed by atoms with E-state index in [0.29, 0.717) is 32.6 Å². The molecule has 0 aromatic heterocycles. The first-order chi connectivity index (χ1) is 10.7. The van der Waals surface area contributed by atoms with Crippen molar-refractivity contribution in [3.8, 4) is 5.75 Å². The van der Waals surface area contributed by atoms with E-state index in [1.165, 1.54) is 0 Å². The van der Waals surface area contributed by atoms with Crippen molar-refractivity contribution in [2.24, 2.45) is 0 Å². The molecule has 1 fully saturated rings. The summed E-state index contributed by atoms with van der Waals surface area (Å²) in [6.07, 6.45) is 1.40. The van der Waals surface area contributed by atoms with Gasteiger partial charge in [-0.25, -0.2) is 0 Å². The molecule has 1 heterocycles. The first kappa shape index (κ1) is 16.3. The highest BCUT2D eigenvalue weighted by Crippen LogP contribution is 2.18. The van der Waals surface area contributed by atoms with E-state index in [9.17, 15) is 9.59 Å². The summed E-state index contributed by atoms with van der Waals surface area (Å²) < 4.78 is 5.67. The van der Waals surface area contributed by atoms with Crippen LogP contribution in [-0.4, -0.2) is 54.4 Å². The van der Waals surface area contributed by atoms with Gasteiger partial charge in [-0.1, -0.05) is 32.0 Å². The minimum Gasteiger partial charge on any atom is -0.483 e. The van der Waals surface area contributed by atoms with Crippen LogP contribution >= 0.6 is 0 Å². The number of carbonyl (C=O) groups is 2. The Kier molecular flexibility index (Phi) is 5.81. The summed E-state index contributed by atoms with van der Waals surface area (Å²) in [7, 11) is 0. The SMILES string of the molecule is CCC(=O)N1CCN(C(=O)COc2ccccc2CC)CC1. The largest absolute Gasteiger partial charge is 0.483 e. The van der Waals surface area contributed by atoms with Gasteiger partial charge in [-0.3, -0.25) is 9.59 Å². The highest BCUT2D eigenvalue weighted by molar-refractivity contribution is 5.79. The monoisotopic (exact) mass is 304 g/mol. The standard InChI is InChI=1S/C17H24N2O3/c1-3-14-7-5-6-8-15(14)22-13-17(21)19-11-9-18(10-12-19)16(20)4-2/h5-8H,3-4,9-13H2,1-2H3.